The van der Waals surface area contributed by atoms with Gasteiger partial charge in [0.25, 0.3) is 0 Å². The summed E-state index contributed by atoms with van der Waals surface area (Å²) in [5, 5.41) is 11.9. The normalized spacial score (nSPS) is 28.8. The quantitative estimate of drug-likeness (QED) is 0.821. The van der Waals surface area contributed by atoms with E-state index in [0.29, 0.717) is 5.92 Å². The number of carboxylic acid groups (broad SMARTS) is 1. The third kappa shape index (κ3) is 3.61. The van der Waals surface area contributed by atoms with Crippen molar-refractivity contribution in [3.63, 3.8) is 0 Å². The third-order valence-electron chi connectivity index (χ3n) is 4.32. The standard InChI is InChI=1S/C14H24N2O3/c1-9-4-3-5-10(2)16(9)14(19)15-12(8-13(17)18)11-6-7-11/h9-12H,3-8H2,1-2H3,(H,15,19)(H,17,18). The minimum Gasteiger partial charge on any atom is -0.481 e. The Morgan fingerprint density at radius 1 is 1.21 bits per heavy atom. The summed E-state index contributed by atoms with van der Waals surface area (Å²) in [5.74, 6) is -0.479. The number of piperidine rings is 1. The number of carbonyl (C=O) groups is 2. The zero-order chi connectivity index (χ0) is 14.0. The van der Waals surface area contributed by atoms with Crippen molar-refractivity contribution >= 4 is 12.0 Å². The fourth-order valence-electron chi connectivity index (χ4n) is 3.08. The molecule has 1 saturated heterocycles. The summed E-state index contributed by atoms with van der Waals surface area (Å²) < 4.78 is 0. The molecule has 5 nitrogen and oxygen atoms in total. The molecule has 0 aromatic rings. The monoisotopic (exact) mass is 268 g/mol. The van der Waals surface area contributed by atoms with Crippen LogP contribution in [-0.2, 0) is 4.79 Å². The van der Waals surface area contributed by atoms with E-state index in [9.17, 15) is 9.59 Å². The van der Waals surface area contributed by atoms with Gasteiger partial charge < -0.3 is 15.3 Å². The molecular formula is C14H24N2O3. The molecule has 108 valence electrons. The fraction of sp³-hybridized carbons (Fsp3) is 0.857. The molecule has 2 fully saturated rings. The Morgan fingerprint density at radius 3 is 2.26 bits per heavy atom. The van der Waals surface area contributed by atoms with Crippen LogP contribution >= 0.6 is 0 Å². The zero-order valence-corrected chi connectivity index (χ0v) is 11.8. The molecule has 5 heteroatoms. The minimum absolute atomic E-state index is 0.0347. The van der Waals surface area contributed by atoms with Gasteiger partial charge in [-0.1, -0.05) is 0 Å². The molecule has 0 aromatic carbocycles. The fourth-order valence-corrected chi connectivity index (χ4v) is 3.08. The Morgan fingerprint density at radius 2 is 1.79 bits per heavy atom. The van der Waals surface area contributed by atoms with Crippen LogP contribution in [0.1, 0.15) is 52.4 Å². The van der Waals surface area contributed by atoms with Gasteiger partial charge in [0.2, 0.25) is 0 Å². The second kappa shape index (κ2) is 5.80. The molecule has 0 spiro atoms. The number of carbonyl (C=O) groups excluding carboxylic acids is 1. The number of urea groups is 1. The highest BCUT2D eigenvalue weighted by Crippen LogP contribution is 2.34. The molecule has 3 atom stereocenters. The van der Waals surface area contributed by atoms with E-state index in [-0.39, 0.29) is 30.6 Å². The summed E-state index contributed by atoms with van der Waals surface area (Å²) in [6.45, 7) is 4.14. The lowest BCUT2D eigenvalue weighted by atomic mass is 9.98. The second-order valence-electron chi connectivity index (χ2n) is 6.03. The number of nitrogens with one attached hydrogen (secondary N) is 1. The van der Waals surface area contributed by atoms with Crippen molar-refractivity contribution in [2.75, 3.05) is 0 Å². The lowest BCUT2D eigenvalue weighted by molar-refractivity contribution is -0.137. The Bertz CT molecular complexity index is 345. The number of hydrogen-bond acceptors (Lipinski definition) is 2. The van der Waals surface area contributed by atoms with Crippen molar-refractivity contribution in [3.05, 3.63) is 0 Å². The van der Waals surface area contributed by atoms with E-state index in [1.807, 2.05) is 4.90 Å². The van der Waals surface area contributed by atoms with E-state index in [0.717, 1.165) is 32.1 Å². The third-order valence-corrected chi connectivity index (χ3v) is 4.32. The van der Waals surface area contributed by atoms with Crippen LogP contribution in [0.3, 0.4) is 0 Å². The number of rotatable bonds is 4. The number of nitrogens with zero attached hydrogens (tertiary/aromatic N) is 1. The van der Waals surface area contributed by atoms with Crippen LogP contribution in [0.4, 0.5) is 4.79 Å². The van der Waals surface area contributed by atoms with Gasteiger partial charge in [-0.2, -0.15) is 0 Å². The maximum absolute atomic E-state index is 12.4. The summed E-state index contributed by atoms with van der Waals surface area (Å²) in [6.07, 6.45) is 5.32. The van der Waals surface area contributed by atoms with Gasteiger partial charge in [0.1, 0.15) is 0 Å². The first-order valence-electron chi connectivity index (χ1n) is 7.29. The number of carboxylic acids is 1. The highest BCUT2D eigenvalue weighted by Gasteiger charge is 2.36. The van der Waals surface area contributed by atoms with E-state index in [2.05, 4.69) is 19.2 Å². The van der Waals surface area contributed by atoms with Gasteiger partial charge in [-0.25, -0.2) is 4.79 Å². The Hall–Kier alpha value is -1.26. The van der Waals surface area contributed by atoms with Gasteiger partial charge in [-0.3, -0.25) is 4.79 Å². The first-order chi connectivity index (χ1) is 8.99. The van der Waals surface area contributed by atoms with Crippen LogP contribution in [0.2, 0.25) is 0 Å². The molecule has 2 aliphatic rings. The molecule has 19 heavy (non-hydrogen) atoms. The van der Waals surface area contributed by atoms with Crippen LogP contribution in [-0.4, -0.2) is 40.1 Å². The predicted octanol–water partition coefficient (Wildman–Crippen LogP) is 2.21. The van der Waals surface area contributed by atoms with Crippen LogP contribution in [0, 0.1) is 5.92 Å². The Balaban J connectivity index is 1.95. The molecule has 0 bridgehead atoms. The summed E-state index contributed by atoms with van der Waals surface area (Å²) in [7, 11) is 0. The summed E-state index contributed by atoms with van der Waals surface area (Å²) >= 11 is 0. The van der Waals surface area contributed by atoms with Gasteiger partial charge in [-0.05, 0) is 51.9 Å². The van der Waals surface area contributed by atoms with E-state index in [4.69, 9.17) is 5.11 Å². The van der Waals surface area contributed by atoms with Crippen molar-refractivity contribution < 1.29 is 14.7 Å². The van der Waals surface area contributed by atoms with E-state index >= 15 is 0 Å². The molecule has 1 saturated carbocycles. The average Bonchev–Trinajstić information content (AvgIpc) is 3.10. The molecule has 1 aliphatic heterocycles. The van der Waals surface area contributed by atoms with Crippen molar-refractivity contribution in [1.82, 2.24) is 10.2 Å². The molecule has 1 aliphatic carbocycles. The lowest BCUT2D eigenvalue weighted by Crippen LogP contribution is -2.54. The highest BCUT2D eigenvalue weighted by molar-refractivity contribution is 5.76. The second-order valence-corrected chi connectivity index (χ2v) is 6.03. The number of hydrogen-bond donors (Lipinski definition) is 2. The van der Waals surface area contributed by atoms with Gasteiger partial charge in [-0.15, -0.1) is 0 Å². The molecule has 0 radical (unpaired) electrons. The predicted molar refractivity (Wildman–Crippen MR) is 71.9 cm³/mol. The van der Waals surface area contributed by atoms with Crippen LogP contribution in [0.5, 0.6) is 0 Å². The molecule has 2 rings (SSSR count). The topological polar surface area (TPSA) is 69.6 Å². The minimum atomic E-state index is -0.836. The van der Waals surface area contributed by atoms with E-state index in [1.54, 1.807) is 0 Å². The lowest BCUT2D eigenvalue weighted by Gasteiger charge is -2.39. The Kier molecular flexibility index (Phi) is 4.32. The maximum atomic E-state index is 12.4. The SMILES string of the molecule is CC1CCCC(C)N1C(=O)NC(CC(=O)O)C1CC1. The maximum Gasteiger partial charge on any atom is 0.318 e. The van der Waals surface area contributed by atoms with E-state index < -0.39 is 5.97 Å². The number of likely N-dealkylation sites (tertiary alicyclic amines) is 1. The molecule has 2 amide bonds. The smallest absolute Gasteiger partial charge is 0.318 e. The van der Waals surface area contributed by atoms with Crippen molar-refractivity contribution in [2.45, 2.75) is 70.5 Å². The first-order valence-corrected chi connectivity index (χ1v) is 7.29. The first kappa shape index (κ1) is 14.2. The molecule has 0 aromatic heterocycles. The summed E-state index contributed by atoms with van der Waals surface area (Å²) in [4.78, 5) is 25.1. The molecular weight excluding hydrogens is 244 g/mol. The van der Waals surface area contributed by atoms with Gasteiger partial charge in [0.05, 0.1) is 6.42 Å². The van der Waals surface area contributed by atoms with Gasteiger partial charge in [0, 0.05) is 18.1 Å². The highest BCUT2D eigenvalue weighted by atomic mass is 16.4. The Labute approximate surface area is 114 Å². The van der Waals surface area contributed by atoms with Gasteiger partial charge in [0.15, 0.2) is 0 Å². The molecule has 2 N–H and O–H groups in total. The molecule has 1 heterocycles. The molecule has 3 unspecified atom stereocenters. The number of aliphatic carboxylic acids is 1. The zero-order valence-electron chi connectivity index (χ0n) is 11.8. The van der Waals surface area contributed by atoms with Crippen molar-refractivity contribution in [2.24, 2.45) is 5.92 Å². The van der Waals surface area contributed by atoms with Crippen molar-refractivity contribution in [3.8, 4) is 0 Å². The van der Waals surface area contributed by atoms with Crippen LogP contribution < -0.4 is 5.32 Å². The summed E-state index contributed by atoms with van der Waals surface area (Å²) in [6, 6.07) is 0.200. The summed E-state index contributed by atoms with van der Waals surface area (Å²) in [5.41, 5.74) is 0. The largest absolute Gasteiger partial charge is 0.481 e. The van der Waals surface area contributed by atoms with Gasteiger partial charge >= 0.3 is 12.0 Å². The van der Waals surface area contributed by atoms with Crippen molar-refractivity contribution in [1.29, 1.82) is 0 Å². The average molecular weight is 268 g/mol. The van der Waals surface area contributed by atoms with Crippen LogP contribution in [0.25, 0.3) is 0 Å². The van der Waals surface area contributed by atoms with E-state index in [1.165, 1.54) is 0 Å². The van der Waals surface area contributed by atoms with Crippen LogP contribution in [0.15, 0.2) is 0 Å². The number of amides is 2.